The predicted octanol–water partition coefficient (Wildman–Crippen LogP) is 2.45. The smallest absolute Gasteiger partial charge is 0.374 e. The molecule has 3 nitrogen and oxygen atoms in total. The summed E-state index contributed by atoms with van der Waals surface area (Å²) in [5, 5.41) is 1.99. The highest BCUT2D eigenvalue weighted by molar-refractivity contribution is 8.03. The lowest BCUT2D eigenvalue weighted by atomic mass is 10.3. The fourth-order valence-electron chi connectivity index (χ4n) is 0.776. The lowest BCUT2D eigenvalue weighted by Crippen LogP contribution is -2.40. The fourth-order valence-corrected chi connectivity index (χ4v) is 3.03. The molecule has 0 aromatic carbocycles. The topological polar surface area (TPSA) is 27.7 Å². The first-order chi connectivity index (χ1) is 6.39. The molecule has 0 radical (unpaired) electrons. The average molecular weight is 236 g/mol. The van der Waals surface area contributed by atoms with Gasteiger partial charge in [0.2, 0.25) is 0 Å². The van der Waals surface area contributed by atoms with E-state index in [2.05, 4.69) is 20.8 Å². The Balaban J connectivity index is 4.30. The fraction of sp³-hybridized carbons (Fsp3) is 0.778. The highest BCUT2D eigenvalue weighted by Gasteiger charge is 2.34. The van der Waals surface area contributed by atoms with E-state index in [4.69, 9.17) is 13.3 Å². The van der Waals surface area contributed by atoms with Gasteiger partial charge in [0, 0.05) is 26.1 Å². The van der Waals surface area contributed by atoms with Crippen molar-refractivity contribution in [2.45, 2.75) is 25.5 Å². The van der Waals surface area contributed by atoms with E-state index in [0.29, 0.717) is 0 Å². The van der Waals surface area contributed by atoms with E-state index in [9.17, 15) is 0 Å². The molecular formula is C9H20O3SSi. The van der Waals surface area contributed by atoms with E-state index in [0.717, 1.165) is 0 Å². The summed E-state index contributed by atoms with van der Waals surface area (Å²) in [6.45, 7) is 6.45. The Morgan fingerprint density at radius 1 is 1.00 bits per heavy atom. The summed E-state index contributed by atoms with van der Waals surface area (Å²) in [5.74, 6) is 0. The molecule has 0 unspecified atom stereocenters. The number of hydrogen-bond acceptors (Lipinski definition) is 4. The van der Waals surface area contributed by atoms with Gasteiger partial charge in [0.15, 0.2) is 0 Å². The molecular weight excluding hydrogens is 216 g/mol. The van der Waals surface area contributed by atoms with Crippen LogP contribution in [0.3, 0.4) is 0 Å². The number of rotatable bonds is 5. The minimum atomic E-state index is -2.52. The molecule has 0 aliphatic carbocycles. The van der Waals surface area contributed by atoms with Gasteiger partial charge in [-0.15, -0.1) is 11.8 Å². The molecule has 0 N–H and O–H groups in total. The Labute approximate surface area is 92.2 Å². The van der Waals surface area contributed by atoms with E-state index >= 15 is 0 Å². The lowest BCUT2D eigenvalue weighted by Gasteiger charge is -2.21. The number of hydrogen-bond donors (Lipinski definition) is 0. The van der Waals surface area contributed by atoms with Crippen LogP contribution in [0.1, 0.15) is 20.8 Å². The van der Waals surface area contributed by atoms with Gasteiger partial charge in [0.25, 0.3) is 0 Å². The molecule has 0 aromatic rings. The van der Waals surface area contributed by atoms with Crippen LogP contribution in [-0.2, 0) is 13.3 Å². The van der Waals surface area contributed by atoms with Gasteiger partial charge in [-0.05, 0) is 11.1 Å². The van der Waals surface area contributed by atoms with Crippen LogP contribution in [0.25, 0.3) is 0 Å². The molecule has 0 aliphatic rings. The first-order valence-electron chi connectivity index (χ1n) is 4.40. The van der Waals surface area contributed by atoms with Crippen LogP contribution in [-0.4, -0.2) is 34.9 Å². The van der Waals surface area contributed by atoms with E-state index in [1.54, 1.807) is 33.1 Å². The minimum absolute atomic E-state index is 0.200. The highest BCUT2D eigenvalue weighted by atomic mass is 32.2. The molecule has 14 heavy (non-hydrogen) atoms. The van der Waals surface area contributed by atoms with Crippen molar-refractivity contribution >= 4 is 20.6 Å². The van der Waals surface area contributed by atoms with Gasteiger partial charge in [-0.3, -0.25) is 0 Å². The van der Waals surface area contributed by atoms with Crippen LogP contribution in [0.5, 0.6) is 0 Å². The summed E-state index contributed by atoms with van der Waals surface area (Å²) in [7, 11) is 2.29. The van der Waals surface area contributed by atoms with E-state index in [1.165, 1.54) is 0 Å². The quantitative estimate of drug-likeness (QED) is 0.685. The zero-order valence-electron chi connectivity index (χ0n) is 9.79. The summed E-state index contributed by atoms with van der Waals surface area (Å²) in [6.07, 6.45) is 0. The maximum Gasteiger partial charge on any atom is 0.529 e. The Bertz CT molecular complexity index is 177. The first kappa shape index (κ1) is 14.2. The molecule has 0 spiro atoms. The van der Waals surface area contributed by atoms with Crippen molar-refractivity contribution in [2.75, 3.05) is 21.3 Å². The molecule has 0 aromatic heterocycles. The summed E-state index contributed by atoms with van der Waals surface area (Å²) < 4.78 is 15.9. The third kappa shape index (κ3) is 5.16. The van der Waals surface area contributed by atoms with Crippen LogP contribution < -0.4 is 0 Å². The Kier molecular flexibility index (Phi) is 6.00. The molecule has 0 saturated heterocycles. The molecule has 0 fully saturated rings. The first-order valence-corrected chi connectivity index (χ1v) is 7.08. The van der Waals surface area contributed by atoms with Gasteiger partial charge in [-0.2, -0.15) is 0 Å². The number of thioether (sulfide) groups is 1. The zero-order chi connectivity index (χ0) is 11.2. The van der Waals surface area contributed by atoms with Crippen LogP contribution in [0.2, 0.25) is 0 Å². The van der Waals surface area contributed by atoms with Gasteiger partial charge < -0.3 is 13.3 Å². The minimum Gasteiger partial charge on any atom is -0.374 e. The van der Waals surface area contributed by atoms with Crippen molar-refractivity contribution in [1.29, 1.82) is 0 Å². The summed E-state index contributed by atoms with van der Waals surface area (Å²) in [5.41, 5.74) is 1.89. The van der Waals surface area contributed by atoms with E-state index in [1.807, 2.05) is 11.1 Å². The highest BCUT2D eigenvalue weighted by Crippen LogP contribution is 2.25. The predicted molar refractivity (Wildman–Crippen MR) is 63.3 cm³/mol. The van der Waals surface area contributed by atoms with Gasteiger partial charge in [-0.1, -0.05) is 20.8 Å². The molecule has 5 heteroatoms. The van der Waals surface area contributed by atoms with Crippen molar-refractivity contribution < 1.29 is 13.3 Å². The van der Waals surface area contributed by atoms with Crippen LogP contribution >= 0.6 is 11.8 Å². The van der Waals surface area contributed by atoms with Gasteiger partial charge in [0.1, 0.15) is 0 Å². The SMILES string of the molecule is CO[Si](/C=C/SC(C)(C)C)(OC)OC. The van der Waals surface area contributed by atoms with Crippen LogP contribution in [0.4, 0.5) is 0 Å². The Morgan fingerprint density at radius 2 is 1.43 bits per heavy atom. The normalized spacial score (nSPS) is 13.9. The average Bonchev–Trinajstić information content (AvgIpc) is 2.11. The standard InChI is InChI=1S/C9H20O3SSi/c1-9(2,3)13-7-8-14(10-4,11-5)12-6/h7-8H,1-6H3/b8-7+. The van der Waals surface area contributed by atoms with Crippen molar-refractivity contribution in [3.05, 3.63) is 11.1 Å². The molecule has 0 bridgehead atoms. The van der Waals surface area contributed by atoms with Gasteiger partial charge in [0.05, 0.1) is 0 Å². The second kappa shape index (κ2) is 5.92. The molecule has 84 valence electrons. The largest absolute Gasteiger partial charge is 0.529 e. The molecule has 0 atom stereocenters. The second-order valence-corrected chi connectivity index (χ2v) is 8.25. The molecule has 0 saturated carbocycles. The van der Waals surface area contributed by atoms with Gasteiger partial charge >= 0.3 is 8.80 Å². The molecule has 0 heterocycles. The third-order valence-electron chi connectivity index (χ3n) is 1.55. The zero-order valence-corrected chi connectivity index (χ0v) is 11.6. The third-order valence-corrected chi connectivity index (χ3v) is 5.05. The van der Waals surface area contributed by atoms with Crippen LogP contribution in [0, 0.1) is 0 Å². The van der Waals surface area contributed by atoms with Crippen LogP contribution in [0.15, 0.2) is 11.1 Å². The molecule has 0 amide bonds. The monoisotopic (exact) mass is 236 g/mol. The maximum atomic E-state index is 5.25. The van der Waals surface area contributed by atoms with E-state index in [-0.39, 0.29) is 4.75 Å². The maximum absolute atomic E-state index is 5.25. The van der Waals surface area contributed by atoms with Crippen molar-refractivity contribution in [2.24, 2.45) is 0 Å². The Hall–Kier alpha value is 0.187. The lowest BCUT2D eigenvalue weighted by molar-refractivity contribution is 0.138. The summed E-state index contributed by atoms with van der Waals surface area (Å²) in [6, 6.07) is 0. The van der Waals surface area contributed by atoms with E-state index < -0.39 is 8.80 Å². The molecule has 0 rings (SSSR count). The van der Waals surface area contributed by atoms with Gasteiger partial charge in [-0.25, -0.2) is 0 Å². The summed E-state index contributed by atoms with van der Waals surface area (Å²) >= 11 is 1.72. The van der Waals surface area contributed by atoms with Crippen molar-refractivity contribution in [3.63, 3.8) is 0 Å². The van der Waals surface area contributed by atoms with Crippen molar-refractivity contribution in [3.8, 4) is 0 Å². The molecule has 0 aliphatic heterocycles. The summed E-state index contributed by atoms with van der Waals surface area (Å²) in [4.78, 5) is 0. The second-order valence-electron chi connectivity index (χ2n) is 3.75. The Morgan fingerprint density at radius 3 is 1.71 bits per heavy atom. The van der Waals surface area contributed by atoms with Crippen molar-refractivity contribution in [1.82, 2.24) is 0 Å².